The Hall–Kier alpha value is -3.40. The lowest BCUT2D eigenvalue weighted by molar-refractivity contribution is 0.0977. The number of benzene rings is 3. The molecule has 0 unspecified atom stereocenters. The van der Waals surface area contributed by atoms with Crippen LogP contribution in [0.2, 0.25) is 0 Å². The fourth-order valence-electron chi connectivity index (χ4n) is 6.06. The molecule has 186 valence electrons. The van der Waals surface area contributed by atoms with E-state index in [1.807, 2.05) is 6.07 Å². The van der Waals surface area contributed by atoms with Gasteiger partial charge in [-0.1, -0.05) is 62.9 Å². The molecule has 2 aliphatic rings. The van der Waals surface area contributed by atoms with Gasteiger partial charge < -0.3 is 10.4 Å². The van der Waals surface area contributed by atoms with Gasteiger partial charge in [0.1, 0.15) is 5.75 Å². The molecule has 0 heterocycles. The number of hydrogen-bond donors (Lipinski definition) is 2. The summed E-state index contributed by atoms with van der Waals surface area (Å²) in [6.45, 7) is 2.27. The number of aromatic hydroxyl groups is 1. The Bertz CT molecular complexity index is 1280. The molecule has 2 N–H and O–H groups in total. The van der Waals surface area contributed by atoms with Gasteiger partial charge in [-0.05, 0) is 78.5 Å². The predicted molar refractivity (Wildman–Crippen MR) is 145 cm³/mol. The molecule has 0 radical (unpaired) electrons. The fraction of sp³-hybridized carbons (Fsp3) is 0.375. The van der Waals surface area contributed by atoms with E-state index < -0.39 is 0 Å². The molecule has 3 aromatic rings. The number of phenols is 1. The number of phenolic OH excluding ortho intramolecular Hbond substituents is 1. The van der Waals surface area contributed by atoms with Crippen molar-refractivity contribution in [3.63, 3.8) is 0 Å². The van der Waals surface area contributed by atoms with Crippen LogP contribution in [0.3, 0.4) is 0 Å². The van der Waals surface area contributed by atoms with Crippen molar-refractivity contribution in [3.8, 4) is 16.9 Å². The maximum atomic E-state index is 13.4. The number of rotatable bonds is 7. The number of carbonyl (C=O) groups is 2. The zero-order valence-corrected chi connectivity index (χ0v) is 21.3. The summed E-state index contributed by atoms with van der Waals surface area (Å²) in [5.41, 5.74) is 4.91. The van der Waals surface area contributed by atoms with Gasteiger partial charge in [0, 0.05) is 23.9 Å². The van der Waals surface area contributed by atoms with Gasteiger partial charge in [-0.2, -0.15) is 0 Å². The van der Waals surface area contributed by atoms with Crippen molar-refractivity contribution < 1.29 is 14.7 Å². The average Bonchev–Trinajstić information content (AvgIpc) is 2.92. The molecule has 1 fully saturated rings. The first-order valence-corrected chi connectivity index (χ1v) is 13.4. The van der Waals surface area contributed by atoms with Crippen LogP contribution >= 0.6 is 0 Å². The predicted octanol–water partition coefficient (Wildman–Crippen LogP) is 7.73. The van der Waals surface area contributed by atoms with E-state index in [2.05, 4.69) is 36.5 Å². The highest BCUT2D eigenvalue weighted by atomic mass is 16.3. The monoisotopic (exact) mass is 481 g/mol. The minimum absolute atomic E-state index is 0.0807. The van der Waals surface area contributed by atoms with Gasteiger partial charge in [-0.15, -0.1) is 0 Å². The smallest absolute Gasteiger partial charge is 0.198 e. The van der Waals surface area contributed by atoms with Crippen LogP contribution in [0.4, 0.5) is 5.69 Å². The third kappa shape index (κ3) is 4.45. The molecule has 4 heteroatoms. The topological polar surface area (TPSA) is 66.4 Å². The summed E-state index contributed by atoms with van der Waals surface area (Å²) >= 11 is 0. The molecule has 0 aliphatic heterocycles. The quantitative estimate of drug-likeness (QED) is 0.209. The molecule has 1 saturated carbocycles. The number of carbonyl (C=O) groups excluding carboxylic acids is 2. The van der Waals surface area contributed by atoms with Gasteiger partial charge in [0.2, 0.25) is 0 Å². The van der Waals surface area contributed by atoms with Crippen LogP contribution in [0.15, 0.2) is 54.6 Å². The Morgan fingerprint density at radius 2 is 1.50 bits per heavy atom. The van der Waals surface area contributed by atoms with Gasteiger partial charge in [-0.25, -0.2) is 0 Å². The van der Waals surface area contributed by atoms with E-state index in [1.165, 1.54) is 63.0 Å². The van der Waals surface area contributed by atoms with Crippen molar-refractivity contribution in [1.82, 2.24) is 0 Å². The van der Waals surface area contributed by atoms with Crippen molar-refractivity contribution in [2.24, 2.45) is 5.92 Å². The molecule has 36 heavy (non-hydrogen) atoms. The zero-order chi connectivity index (χ0) is 25.2. The molecule has 4 nitrogen and oxygen atoms in total. The van der Waals surface area contributed by atoms with Crippen molar-refractivity contribution >= 4 is 17.3 Å². The highest BCUT2D eigenvalue weighted by Gasteiger charge is 2.34. The van der Waals surface area contributed by atoms with Crippen molar-refractivity contribution in [1.29, 1.82) is 0 Å². The van der Waals surface area contributed by atoms with Crippen LogP contribution in [-0.4, -0.2) is 23.7 Å². The third-order valence-electron chi connectivity index (χ3n) is 8.19. The summed E-state index contributed by atoms with van der Waals surface area (Å²) < 4.78 is 0. The van der Waals surface area contributed by atoms with Gasteiger partial charge in [-0.3, -0.25) is 9.59 Å². The van der Waals surface area contributed by atoms with Crippen molar-refractivity contribution in [2.75, 3.05) is 12.4 Å². The van der Waals surface area contributed by atoms with E-state index >= 15 is 0 Å². The molecule has 0 amide bonds. The first kappa shape index (κ1) is 24.3. The lowest BCUT2D eigenvalue weighted by atomic mass is 9.77. The molecule has 3 aromatic carbocycles. The first-order chi connectivity index (χ1) is 17.5. The second-order valence-corrected chi connectivity index (χ2v) is 10.4. The molecular weight excluding hydrogens is 446 g/mol. The van der Waals surface area contributed by atoms with E-state index in [-0.39, 0.29) is 28.4 Å². The van der Waals surface area contributed by atoms with Gasteiger partial charge >= 0.3 is 0 Å². The Morgan fingerprint density at radius 3 is 2.19 bits per heavy atom. The number of hydrogen-bond acceptors (Lipinski definition) is 4. The Morgan fingerprint density at radius 1 is 0.806 bits per heavy atom. The first-order valence-electron chi connectivity index (χ1n) is 13.4. The molecule has 0 atom stereocenters. The lowest BCUT2D eigenvalue weighted by Gasteiger charge is -2.29. The van der Waals surface area contributed by atoms with E-state index in [0.29, 0.717) is 22.7 Å². The minimum Gasteiger partial charge on any atom is -0.507 e. The minimum atomic E-state index is -0.316. The number of anilines is 1. The number of unbranched alkanes of at least 4 members (excludes halogenated alkanes) is 2. The molecule has 5 rings (SSSR count). The Balaban J connectivity index is 1.35. The van der Waals surface area contributed by atoms with Gasteiger partial charge in [0.25, 0.3) is 0 Å². The maximum absolute atomic E-state index is 13.4. The van der Waals surface area contributed by atoms with E-state index in [9.17, 15) is 14.7 Å². The van der Waals surface area contributed by atoms with E-state index in [4.69, 9.17) is 0 Å². The van der Waals surface area contributed by atoms with E-state index in [1.54, 1.807) is 25.2 Å². The molecule has 2 aliphatic carbocycles. The molecule has 0 saturated heterocycles. The van der Waals surface area contributed by atoms with Gasteiger partial charge in [0.15, 0.2) is 11.6 Å². The summed E-state index contributed by atoms with van der Waals surface area (Å²) in [7, 11) is 1.70. The van der Waals surface area contributed by atoms with Crippen LogP contribution in [0.1, 0.15) is 102 Å². The van der Waals surface area contributed by atoms with Crippen LogP contribution in [0, 0.1) is 5.92 Å². The molecule has 0 aromatic heterocycles. The molecule has 0 spiro atoms. The molecular formula is C32H35NO3. The maximum Gasteiger partial charge on any atom is 0.198 e. The summed E-state index contributed by atoms with van der Waals surface area (Å²) in [6.07, 6.45) is 10.6. The highest BCUT2D eigenvalue weighted by molar-refractivity contribution is 6.31. The fourth-order valence-corrected chi connectivity index (χ4v) is 6.06. The zero-order valence-electron chi connectivity index (χ0n) is 21.3. The largest absolute Gasteiger partial charge is 0.507 e. The van der Waals surface area contributed by atoms with Crippen LogP contribution in [0.5, 0.6) is 5.75 Å². The lowest BCUT2D eigenvalue weighted by Crippen LogP contribution is -2.22. The Labute approximate surface area is 213 Å². The van der Waals surface area contributed by atoms with Crippen LogP contribution < -0.4 is 5.32 Å². The standard InChI is InChI=1S/C32H35NO3/c1-3-4-5-6-20-7-9-21(10-8-20)22-11-13-23(14-12-22)24-15-16-25-26(19-24)32(36)30-28(34)18-17-27(33-2)29(30)31(25)35/h11-21,33-34H,3-10H2,1-2H3/t20-,21-. The SMILES string of the molecule is CCCCC[C@H]1CC[C@H](c2ccc(-c3ccc4c(c3)C(=O)c3c(O)ccc(NC)c3C4=O)cc2)CC1. The van der Waals surface area contributed by atoms with Crippen molar-refractivity contribution in [3.05, 3.63) is 82.4 Å². The summed E-state index contributed by atoms with van der Waals surface area (Å²) in [5, 5.41) is 13.4. The Kier molecular flexibility index (Phi) is 6.95. The summed E-state index contributed by atoms with van der Waals surface area (Å²) in [4.78, 5) is 26.6. The number of nitrogens with one attached hydrogen (secondary N) is 1. The number of fused-ring (bicyclic) bond motifs is 2. The second kappa shape index (κ2) is 10.3. The highest BCUT2D eigenvalue weighted by Crippen LogP contribution is 2.40. The normalized spacial score (nSPS) is 19.1. The van der Waals surface area contributed by atoms with Crippen LogP contribution in [-0.2, 0) is 0 Å². The number of ketones is 2. The van der Waals surface area contributed by atoms with Crippen LogP contribution in [0.25, 0.3) is 11.1 Å². The average molecular weight is 482 g/mol. The third-order valence-corrected chi connectivity index (χ3v) is 8.19. The van der Waals surface area contributed by atoms with E-state index in [0.717, 1.165) is 17.0 Å². The molecule has 0 bridgehead atoms. The summed E-state index contributed by atoms with van der Waals surface area (Å²) in [6, 6.07) is 17.2. The van der Waals surface area contributed by atoms with Gasteiger partial charge in [0.05, 0.1) is 11.1 Å². The summed E-state index contributed by atoms with van der Waals surface area (Å²) in [5.74, 6) is 0.805. The van der Waals surface area contributed by atoms with Crippen molar-refractivity contribution in [2.45, 2.75) is 64.2 Å². The second-order valence-electron chi connectivity index (χ2n) is 10.4.